The number of aryl methyl sites for hydroxylation is 2. The van der Waals surface area contributed by atoms with Gasteiger partial charge in [0.2, 0.25) is 0 Å². The van der Waals surface area contributed by atoms with Crippen LogP contribution in [-0.2, 0) is 47.7 Å². The number of nitrogen functional groups attached to an aromatic ring is 1. The fraction of sp³-hybridized carbons (Fsp3) is 0.343. The van der Waals surface area contributed by atoms with Gasteiger partial charge in [0.15, 0.2) is 32.0 Å². The predicted molar refractivity (Wildman–Crippen MR) is 255 cm³/mol. The Hall–Kier alpha value is -6.75. The predicted octanol–water partition coefficient (Wildman–Crippen LogP) is -2.56. The lowest BCUT2D eigenvalue weighted by Gasteiger charge is -2.50. The lowest BCUT2D eigenvalue weighted by molar-refractivity contribution is -0.146. The van der Waals surface area contributed by atoms with Crippen LogP contribution in [-0.4, -0.2) is 151 Å². The van der Waals surface area contributed by atoms with Gasteiger partial charge in [0.25, 0.3) is 23.6 Å². The third-order valence-corrected chi connectivity index (χ3v) is 15.7. The average molecular weight is 1070 g/mol. The SMILES string of the molecule is CO/N=C(\C(=O)NCC1NC(C(=O)O)=C(CSc2nc(=O)c(=O)[nH]n2C)CS1)c1csc(NC(=O)C2=C(CSc3nc(=O)c(=O)[nH]n3C)CS[C@@H]3[C@H](NC(=O)/C(=N\OC)c4csc(N)n4)C(=O)N23)n1. The van der Waals surface area contributed by atoms with Gasteiger partial charge in [0.05, 0.1) is 5.37 Å². The van der Waals surface area contributed by atoms with Crippen molar-refractivity contribution in [3.05, 3.63) is 86.1 Å². The van der Waals surface area contributed by atoms with E-state index in [1.165, 1.54) is 76.9 Å². The number of nitrogens with one attached hydrogen (secondary N) is 6. The number of nitrogens with zero attached hydrogens (tertiary/aromatic N) is 9. The molecule has 34 heteroatoms. The number of nitrogens with two attached hydrogens (primary N) is 1. The number of thiazole rings is 2. The van der Waals surface area contributed by atoms with E-state index in [2.05, 4.69) is 61.7 Å². The second kappa shape index (κ2) is 21.7. The summed E-state index contributed by atoms with van der Waals surface area (Å²) in [6, 6.07) is -1.11. The number of H-pyrrole nitrogens is 2. The number of β-lactam (4-membered cyclic amide) rings is 1. The molecule has 0 radical (unpaired) electrons. The van der Waals surface area contributed by atoms with Crippen LogP contribution >= 0.6 is 69.7 Å². The zero-order chi connectivity index (χ0) is 49.7. The van der Waals surface area contributed by atoms with E-state index in [9.17, 15) is 48.3 Å². The Bertz CT molecular complexity index is 3120. The smallest absolute Gasteiger partial charge is 0.351 e. The summed E-state index contributed by atoms with van der Waals surface area (Å²) in [5, 5.41) is 35.1. The van der Waals surface area contributed by atoms with Gasteiger partial charge in [0.1, 0.15) is 48.4 Å². The van der Waals surface area contributed by atoms with Gasteiger partial charge in [-0.05, 0) is 11.1 Å². The number of carbonyl (C=O) groups is 5. The molecule has 0 spiro atoms. The largest absolute Gasteiger partial charge is 0.477 e. The van der Waals surface area contributed by atoms with E-state index in [1.807, 2.05) is 0 Å². The molecule has 0 saturated carbocycles. The highest BCUT2D eigenvalue weighted by Crippen LogP contribution is 2.42. The van der Waals surface area contributed by atoms with Gasteiger partial charge in [-0.3, -0.25) is 68.1 Å². The molecule has 7 rings (SSSR count). The van der Waals surface area contributed by atoms with Gasteiger partial charge in [0, 0.05) is 54.4 Å². The minimum absolute atomic E-state index is 0.0142. The first-order chi connectivity index (χ1) is 33.0. The van der Waals surface area contributed by atoms with Gasteiger partial charge in [-0.2, -0.15) is 9.97 Å². The fourth-order valence-corrected chi connectivity index (χ4v) is 12.1. The molecular weight excluding hydrogens is 1030 g/mol. The van der Waals surface area contributed by atoms with Crippen molar-refractivity contribution in [3.63, 3.8) is 0 Å². The van der Waals surface area contributed by atoms with Crippen molar-refractivity contribution in [2.75, 3.05) is 54.8 Å². The maximum atomic E-state index is 14.3. The Morgan fingerprint density at radius 2 is 1.42 bits per heavy atom. The van der Waals surface area contributed by atoms with E-state index >= 15 is 0 Å². The van der Waals surface area contributed by atoms with Crippen molar-refractivity contribution in [2.45, 2.75) is 27.1 Å². The number of oxime groups is 2. The van der Waals surface area contributed by atoms with Gasteiger partial charge < -0.3 is 36.5 Å². The van der Waals surface area contributed by atoms with E-state index < -0.39 is 68.6 Å². The summed E-state index contributed by atoms with van der Waals surface area (Å²) in [4.78, 5) is 142. The topological polar surface area (TPSA) is 387 Å². The number of aromatic nitrogens is 8. The minimum Gasteiger partial charge on any atom is -0.477 e. The van der Waals surface area contributed by atoms with Crippen LogP contribution in [0.5, 0.6) is 0 Å². The molecule has 28 nitrogen and oxygen atoms in total. The molecule has 3 aliphatic rings. The standard InChI is InChI=1S/C35H36N16O12S6/c1-49-34(43-25(55)27(57)45-49)68-7-12-6-64-16(40-17(12)31(60)61)5-37-22(52)18(47-62-3)15-11-67-33(39-15)42-24(54)21-13(9-69-35-44-26(56)28(58)46-50(35)2)8-65-30-20(29(59)51(21)30)41-23(53)19(48-63-4)14-10-66-32(36)38-14/h10-11,16,20,30,40H,5-9H2,1-4H3,(H2,36,38)(H,37,52)(H,41,53)(H,45,57)(H,46,58)(H,60,61)(H,39,42,54)/b47-18-,48-19-/t16?,20-,30-/m1/s1. The highest BCUT2D eigenvalue weighted by molar-refractivity contribution is 8.01. The van der Waals surface area contributed by atoms with E-state index in [-0.39, 0.29) is 84.3 Å². The van der Waals surface area contributed by atoms with E-state index in [1.54, 1.807) is 0 Å². The summed E-state index contributed by atoms with van der Waals surface area (Å²) in [5.74, 6) is -3.69. The zero-order valence-electron chi connectivity index (χ0n) is 35.9. The van der Waals surface area contributed by atoms with E-state index in [0.717, 1.165) is 46.2 Å². The van der Waals surface area contributed by atoms with Crippen LogP contribution in [0.1, 0.15) is 11.4 Å². The lowest BCUT2D eigenvalue weighted by atomic mass is 10.0. The summed E-state index contributed by atoms with van der Waals surface area (Å²) < 4.78 is 2.50. The van der Waals surface area contributed by atoms with Gasteiger partial charge >= 0.3 is 28.2 Å². The molecular formula is C35H36N16O12S6. The maximum absolute atomic E-state index is 14.3. The number of rotatable bonds is 18. The molecule has 3 atom stereocenters. The van der Waals surface area contributed by atoms with Crippen LogP contribution in [0.3, 0.4) is 0 Å². The molecule has 9 N–H and O–H groups in total. The molecule has 4 aromatic heterocycles. The van der Waals surface area contributed by atoms with Crippen LogP contribution in [0.15, 0.2) is 73.1 Å². The molecule has 3 aliphatic heterocycles. The third kappa shape index (κ3) is 11.2. The number of fused-ring (bicyclic) bond motifs is 1. The Morgan fingerprint density at radius 1 is 0.841 bits per heavy atom. The van der Waals surface area contributed by atoms with Crippen molar-refractivity contribution in [1.29, 1.82) is 0 Å². The van der Waals surface area contributed by atoms with Crippen LogP contribution in [0, 0.1) is 0 Å². The molecule has 0 aromatic carbocycles. The highest BCUT2D eigenvalue weighted by atomic mass is 32.2. The molecule has 7 heterocycles. The number of carbonyl (C=O) groups excluding carboxylic acids is 4. The fourth-order valence-electron chi connectivity index (χ4n) is 6.37. The first kappa shape index (κ1) is 50.1. The Balaban J connectivity index is 1.05. The number of hydrogen-bond donors (Lipinski definition) is 8. The third-order valence-electron chi connectivity index (χ3n) is 9.50. The van der Waals surface area contributed by atoms with Crippen LogP contribution < -0.4 is 49.2 Å². The number of thioether (sulfide) groups is 4. The number of carboxylic acids is 1. The summed E-state index contributed by atoms with van der Waals surface area (Å²) in [7, 11) is 5.39. The molecule has 1 fully saturated rings. The van der Waals surface area contributed by atoms with Crippen LogP contribution in [0.4, 0.5) is 10.3 Å². The molecule has 364 valence electrons. The van der Waals surface area contributed by atoms with Crippen LogP contribution in [0.25, 0.3) is 0 Å². The average Bonchev–Trinajstić information content (AvgIpc) is 3.97. The summed E-state index contributed by atoms with van der Waals surface area (Å²) in [5.41, 5.74) is 2.21. The van der Waals surface area contributed by atoms with E-state index in [0.29, 0.717) is 11.1 Å². The lowest BCUT2D eigenvalue weighted by Crippen LogP contribution is -2.71. The molecule has 4 aromatic rings. The number of aliphatic carboxylic acids is 1. The molecule has 69 heavy (non-hydrogen) atoms. The molecule has 0 aliphatic carbocycles. The quantitative estimate of drug-likeness (QED) is 0.0167. The summed E-state index contributed by atoms with van der Waals surface area (Å²) in [6.45, 7) is -0.0880. The Labute approximate surface area is 410 Å². The molecule has 4 amide bonds. The maximum Gasteiger partial charge on any atom is 0.351 e. The Kier molecular flexibility index (Phi) is 15.8. The summed E-state index contributed by atoms with van der Waals surface area (Å²) >= 11 is 6.60. The molecule has 1 saturated heterocycles. The minimum atomic E-state index is -1.25. The number of anilines is 2. The molecule has 1 unspecified atom stereocenters. The number of carboxylic acid groups (broad SMARTS) is 1. The van der Waals surface area contributed by atoms with E-state index in [4.69, 9.17) is 15.4 Å². The van der Waals surface area contributed by atoms with Gasteiger partial charge in [-0.15, -0.1) is 46.2 Å². The van der Waals surface area contributed by atoms with Crippen molar-refractivity contribution in [1.82, 2.24) is 60.3 Å². The van der Waals surface area contributed by atoms with Crippen molar-refractivity contribution in [3.8, 4) is 0 Å². The van der Waals surface area contributed by atoms with Crippen LogP contribution in [0.2, 0.25) is 0 Å². The van der Waals surface area contributed by atoms with Crippen molar-refractivity contribution < 1.29 is 38.8 Å². The summed E-state index contributed by atoms with van der Waals surface area (Å²) in [6.07, 6.45) is 0. The van der Waals surface area contributed by atoms with Crippen molar-refractivity contribution in [2.24, 2.45) is 24.4 Å². The first-order valence-electron chi connectivity index (χ1n) is 19.4. The molecule has 0 bridgehead atoms. The second-order valence-corrected chi connectivity index (χ2v) is 20.0. The normalized spacial score (nSPS) is 18.2. The first-order valence-corrected chi connectivity index (χ1v) is 25.2. The number of hydrogen-bond acceptors (Lipinski definition) is 25. The number of amides is 4. The van der Waals surface area contributed by atoms with Crippen molar-refractivity contribution >= 4 is 121 Å². The number of aromatic amines is 2. The Morgan fingerprint density at radius 3 is 2.01 bits per heavy atom. The van der Waals surface area contributed by atoms with Gasteiger partial charge in [-0.1, -0.05) is 33.8 Å². The zero-order valence-corrected chi connectivity index (χ0v) is 40.8. The highest BCUT2D eigenvalue weighted by Gasteiger charge is 2.54. The second-order valence-electron chi connectivity index (χ2n) is 14.0. The van der Waals surface area contributed by atoms with Gasteiger partial charge in [-0.25, -0.2) is 14.8 Å². The monoisotopic (exact) mass is 1060 g/mol.